The average Bonchev–Trinajstić information content (AvgIpc) is 2.66. The molecule has 132 valence electrons. The van der Waals surface area contributed by atoms with Crippen LogP contribution in [0.5, 0.6) is 0 Å². The van der Waals surface area contributed by atoms with Crippen molar-refractivity contribution in [2.75, 3.05) is 31.2 Å². The van der Waals surface area contributed by atoms with Crippen LogP contribution in [0.2, 0.25) is 5.02 Å². The molecule has 2 aromatic rings. The normalized spacial score (nSPS) is 14.8. The molecule has 0 N–H and O–H groups in total. The molecule has 1 aliphatic rings. The summed E-state index contributed by atoms with van der Waals surface area (Å²) in [6.07, 6.45) is 1.67. The van der Waals surface area contributed by atoms with E-state index in [-0.39, 0.29) is 5.69 Å². The minimum Gasteiger partial charge on any atom is -0.378 e. The molecule has 6 nitrogen and oxygen atoms in total. The maximum absolute atomic E-state index is 11.2. The highest BCUT2D eigenvalue weighted by molar-refractivity contribution is 6.30. The minimum atomic E-state index is -0.439. The Bertz CT molecular complexity index is 899. The molecule has 3 rings (SSSR count). The van der Waals surface area contributed by atoms with Crippen molar-refractivity contribution < 1.29 is 9.66 Å². The third kappa shape index (κ3) is 4.02. The van der Waals surface area contributed by atoms with Crippen molar-refractivity contribution in [2.24, 2.45) is 0 Å². The van der Waals surface area contributed by atoms with Crippen LogP contribution in [0, 0.1) is 21.4 Å². The van der Waals surface area contributed by atoms with Gasteiger partial charge >= 0.3 is 0 Å². The maximum Gasteiger partial charge on any atom is 0.270 e. The van der Waals surface area contributed by atoms with E-state index in [0.29, 0.717) is 48.0 Å². The second-order valence-electron chi connectivity index (χ2n) is 5.78. The van der Waals surface area contributed by atoms with E-state index in [1.165, 1.54) is 12.1 Å². The number of halogens is 1. The predicted octanol–water partition coefficient (Wildman–Crippen LogP) is 4.15. The molecule has 0 bridgehead atoms. The Balaban J connectivity index is 2.09. The molecule has 1 heterocycles. The first-order chi connectivity index (χ1) is 12.6. The number of nitriles is 1. The lowest BCUT2D eigenvalue weighted by molar-refractivity contribution is -0.384. The summed E-state index contributed by atoms with van der Waals surface area (Å²) in [7, 11) is 0. The fourth-order valence-corrected chi connectivity index (χ4v) is 3.05. The summed E-state index contributed by atoms with van der Waals surface area (Å²) < 4.78 is 5.38. The molecule has 0 aliphatic carbocycles. The smallest absolute Gasteiger partial charge is 0.270 e. The average molecular weight is 370 g/mol. The second-order valence-corrected chi connectivity index (χ2v) is 6.22. The quantitative estimate of drug-likeness (QED) is 0.350. The van der Waals surface area contributed by atoms with Gasteiger partial charge in [0.25, 0.3) is 5.69 Å². The van der Waals surface area contributed by atoms with Crippen molar-refractivity contribution in [1.29, 1.82) is 5.26 Å². The molecule has 2 aromatic carbocycles. The van der Waals surface area contributed by atoms with E-state index in [2.05, 4.69) is 11.0 Å². The number of allylic oxidation sites excluding steroid dienone is 1. The Hall–Kier alpha value is -2.88. The summed E-state index contributed by atoms with van der Waals surface area (Å²) in [6.45, 7) is 2.58. The molecular weight excluding hydrogens is 354 g/mol. The van der Waals surface area contributed by atoms with Crippen molar-refractivity contribution in [3.63, 3.8) is 0 Å². The highest BCUT2D eigenvalue weighted by Gasteiger charge is 2.17. The van der Waals surface area contributed by atoms with Crippen LogP contribution >= 0.6 is 11.6 Å². The maximum atomic E-state index is 11.2. The van der Waals surface area contributed by atoms with Crippen molar-refractivity contribution in [3.05, 3.63) is 68.7 Å². The fourth-order valence-electron chi connectivity index (χ4n) is 2.85. The number of morpholine rings is 1. The Morgan fingerprint density at radius 1 is 1.27 bits per heavy atom. The van der Waals surface area contributed by atoms with Crippen molar-refractivity contribution in [3.8, 4) is 6.07 Å². The molecule has 0 saturated carbocycles. The van der Waals surface area contributed by atoms with E-state index >= 15 is 0 Å². The van der Waals surface area contributed by atoms with Crippen LogP contribution < -0.4 is 4.90 Å². The highest BCUT2D eigenvalue weighted by Crippen LogP contribution is 2.30. The number of hydrogen-bond acceptors (Lipinski definition) is 5. The summed E-state index contributed by atoms with van der Waals surface area (Å²) in [5, 5.41) is 21.3. The van der Waals surface area contributed by atoms with Gasteiger partial charge in [-0.2, -0.15) is 5.26 Å². The van der Waals surface area contributed by atoms with Gasteiger partial charge in [0, 0.05) is 41.5 Å². The minimum absolute atomic E-state index is 0.0170. The molecule has 0 unspecified atom stereocenters. The van der Waals surface area contributed by atoms with E-state index in [0.717, 1.165) is 5.69 Å². The third-order valence-electron chi connectivity index (χ3n) is 4.13. The molecule has 1 saturated heterocycles. The summed E-state index contributed by atoms with van der Waals surface area (Å²) in [6, 6.07) is 13.8. The molecule has 26 heavy (non-hydrogen) atoms. The molecule has 1 fully saturated rings. The Morgan fingerprint density at radius 3 is 2.69 bits per heavy atom. The Kier molecular flexibility index (Phi) is 5.52. The Morgan fingerprint density at radius 2 is 2.04 bits per heavy atom. The molecule has 0 aromatic heterocycles. The highest BCUT2D eigenvalue weighted by atomic mass is 35.5. The zero-order valence-electron chi connectivity index (χ0n) is 13.9. The van der Waals surface area contributed by atoms with Crippen LogP contribution in [0.4, 0.5) is 11.4 Å². The van der Waals surface area contributed by atoms with Gasteiger partial charge in [-0.1, -0.05) is 23.7 Å². The molecule has 7 heteroatoms. The zero-order valence-corrected chi connectivity index (χ0v) is 14.6. The summed E-state index contributed by atoms with van der Waals surface area (Å²) in [5.74, 6) is 0. The van der Waals surface area contributed by atoms with Crippen LogP contribution in [0.3, 0.4) is 0 Å². The SMILES string of the molecule is N#C/C(=C\c1cc([N+](=O)[O-])ccc1N1CCOCC1)c1cccc(Cl)c1. The van der Waals surface area contributed by atoms with Gasteiger partial charge in [-0.3, -0.25) is 10.1 Å². The van der Waals surface area contributed by atoms with Crippen LogP contribution in [0.1, 0.15) is 11.1 Å². The second kappa shape index (κ2) is 8.00. The van der Waals surface area contributed by atoms with Gasteiger partial charge in [0.1, 0.15) is 0 Å². The number of non-ortho nitro benzene ring substituents is 1. The lowest BCUT2D eigenvalue weighted by Gasteiger charge is -2.30. The van der Waals surface area contributed by atoms with E-state index in [4.69, 9.17) is 16.3 Å². The van der Waals surface area contributed by atoms with E-state index < -0.39 is 4.92 Å². The van der Waals surface area contributed by atoms with Gasteiger partial charge in [-0.05, 0) is 29.8 Å². The summed E-state index contributed by atoms with van der Waals surface area (Å²) in [4.78, 5) is 12.8. The number of nitro groups is 1. The number of nitrogens with zero attached hydrogens (tertiary/aromatic N) is 3. The summed E-state index contributed by atoms with van der Waals surface area (Å²) >= 11 is 6.02. The molecular formula is C19H16ClN3O3. The van der Waals surface area contributed by atoms with Gasteiger partial charge in [0.05, 0.1) is 29.8 Å². The van der Waals surface area contributed by atoms with E-state index in [1.807, 2.05) is 0 Å². The van der Waals surface area contributed by atoms with Crippen LogP contribution in [0.25, 0.3) is 11.6 Å². The van der Waals surface area contributed by atoms with E-state index in [1.54, 1.807) is 36.4 Å². The Labute approximate surface area is 156 Å². The van der Waals surface area contributed by atoms with Gasteiger partial charge in [-0.15, -0.1) is 0 Å². The first kappa shape index (κ1) is 17.9. The van der Waals surface area contributed by atoms with Gasteiger partial charge < -0.3 is 9.64 Å². The topological polar surface area (TPSA) is 79.4 Å². The number of ether oxygens (including phenoxy) is 1. The van der Waals surface area contributed by atoms with Crippen molar-refractivity contribution in [1.82, 2.24) is 0 Å². The third-order valence-corrected chi connectivity index (χ3v) is 4.36. The zero-order chi connectivity index (χ0) is 18.5. The van der Waals surface area contributed by atoms with Crippen LogP contribution in [-0.2, 0) is 4.74 Å². The van der Waals surface area contributed by atoms with Crippen molar-refractivity contribution in [2.45, 2.75) is 0 Å². The monoisotopic (exact) mass is 369 g/mol. The number of benzene rings is 2. The first-order valence-corrected chi connectivity index (χ1v) is 8.45. The van der Waals surface area contributed by atoms with Gasteiger partial charge in [0.15, 0.2) is 0 Å². The lowest BCUT2D eigenvalue weighted by Crippen LogP contribution is -2.36. The van der Waals surface area contributed by atoms with Crippen LogP contribution in [0.15, 0.2) is 42.5 Å². The fraction of sp³-hybridized carbons (Fsp3) is 0.211. The number of anilines is 1. The summed E-state index contributed by atoms with van der Waals surface area (Å²) in [5.41, 5.74) is 2.50. The number of hydrogen-bond donors (Lipinski definition) is 0. The molecule has 0 radical (unpaired) electrons. The first-order valence-electron chi connectivity index (χ1n) is 8.07. The van der Waals surface area contributed by atoms with Gasteiger partial charge in [0.2, 0.25) is 0 Å². The predicted molar refractivity (Wildman–Crippen MR) is 101 cm³/mol. The van der Waals surface area contributed by atoms with Gasteiger partial charge in [-0.25, -0.2) is 0 Å². The molecule has 0 atom stereocenters. The van der Waals surface area contributed by atoms with Crippen LogP contribution in [-0.4, -0.2) is 31.2 Å². The largest absolute Gasteiger partial charge is 0.378 e. The van der Waals surface area contributed by atoms with E-state index in [9.17, 15) is 15.4 Å². The lowest BCUT2D eigenvalue weighted by atomic mass is 10.0. The van der Waals surface area contributed by atoms with Crippen molar-refractivity contribution >= 4 is 34.6 Å². The number of nitro benzene ring substituents is 1. The standard InChI is InChI=1S/C19H16ClN3O3/c20-17-3-1-2-14(11-17)16(13-21)10-15-12-18(23(24)25)4-5-19(15)22-6-8-26-9-7-22/h1-5,10-12H,6-9H2/b16-10+. The molecule has 0 spiro atoms. The molecule has 0 amide bonds. The molecule has 1 aliphatic heterocycles. The number of rotatable bonds is 4.